The standard InChI is InChI=1S/C17H17BrF2N4O3/c1-24-8-21-16-13(24)7-10(17(26)23-27-5-4-25)15(14(16)20)22-12-3-2-9(18)6-11(12)19/h3,6-9,22,25H,2,4-5H2,1H3,(H,23,26). The Morgan fingerprint density at radius 2 is 2.30 bits per heavy atom. The number of allylic oxidation sites excluding steroid dienone is 3. The van der Waals surface area contributed by atoms with Gasteiger partial charge in [-0.2, -0.15) is 0 Å². The average Bonchev–Trinajstić information content (AvgIpc) is 3.00. The quantitative estimate of drug-likeness (QED) is 0.363. The van der Waals surface area contributed by atoms with Crippen LogP contribution in [0.4, 0.5) is 14.5 Å². The van der Waals surface area contributed by atoms with Gasteiger partial charge < -0.3 is 15.0 Å². The zero-order valence-electron chi connectivity index (χ0n) is 14.3. The highest BCUT2D eigenvalue weighted by Crippen LogP contribution is 2.32. The highest BCUT2D eigenvalue weighted by Gasteiger charge is 2.24. The number of hydroxylamine groups is 1. The lowest BCUT2D eigenvalue weighted by Gasteiger charge is -2.18. The molecule has 1 heterocycles. The van der Waals surface area contributed by atoms with Gasteiger partial charge in [-0.25, -0.2) is 19.2 Å². The van der Waals surface area contributed by atoms with Crippen molar-refractivity contribution in [1.82, 2.24) is 15.0 Å². The second kappa shape index (κ2) is 8.15. The van der Waals surface area contributed by atoms with E-state index in [1.54, 1.807) is 17.7 Å². The van der Waals surface area contributed by atoms with Gasteiger partial charge in [0.05, 0.1) is 42.0 Å². The van der Waals surface area contributed by atoms with Crippen LogP contribution in [0.25, 0.3) is 11.0 Å². The molecule has 144 valence electrons. The molecular formula is C17H17BrF2N4O3. The summed E-state index contributed by atoms with van der Waals surface area (Å²) in [6.07, 6.45) is 4.84. The Balaban J connectivity index is 2.03. The fourth-order valence-corrected chi connectivity index (χ4v) is 3.05. The third kappa shape index (κ3) is 4.02. The van der Waals surface area contributed by atoms with Crippen LogP contribution >= 0.6 is 15.9 Å². The minimum absolute atomic E-state index is 0.0481. The van der Waals surface area contributed by atoms with E-state index in [9.17, 15) is 9.18 Å². The fourth-order valence-electron chi connectivity index (χ4n) is 2.63. The van der Waals surface area contributed by atoms with Crippen LogP contribution in [0.15, 0.2) is 36.1 Å². The predicted molar refractivity (Wildman–Crippen MR) is 99.4 cm³/mol. The van der Waals surface area contributed by atoms with Gasteiger partial charge in [0.25, 0.3) is 5.91 Å². The van der Waals surface area contributed by atoms with E-state index in [0.29, 0.717) is 11.9 Å². The number of aromatic nitrogens is 2. The number of hydrogen-bond donors (Lipinski definition) is 3. The van der Waals surface area contributed by atoms with Gasteiger partial charge in [-0.1, -0.05) is 22.0 Å². The number of fused-ring (bicyclic) bond motifs is 1. The smallest absolute Gasteiger partial charge is 0.277 e. The molecule has 1 aromatic heterocycles. The fraction of sp³-hybridized carbons (Fsp3) is 0.294. The maximum Gasteiger partial charge on any atom is 0.277 e. The maximum atomic E-state index is 15.1. The molecule has 3 N–H and O–H groups in total. The minimum atomic E-state index is -0.782. The number of anilines is 1. The van der Waals surface area contributed by atoms with Crippen LogP contribution in [0.1, 0.15) is 16.8 Å². The Hall–Kier alpha value is -2.30. The first-order valence-electron chi connectivity index (χ1n) is 8.07. The average molecular weight is 443 g/mol. The van der Waals surface area contributed by atoms with Gasteiger partial charge in [-0.15, -0.1) is 0 Å². The molecule has 1 aliphatic rings. The van der Waals surface area contributed by atoms with Crippen LogP contribution in [-0.4, -0.2) is 38.6 Å². The summed E-state index contributed by atoms with van der Waals surface area (Å²) >= 11 is 3.29. The first-order valence-corrected chi connectivity index (χ1v) is 8.99. The number of aryl methyl sites for hydroxylation is 1. The van der Waals surface area contributed by atoms with E-state index < -0.39 is 17.6 Å². The summed E-state index contributed by atoms with van der Waals surface area (Å²) < 4.78 is 30.9. The van der Waals surface area contributed by atoms with E-state index in [1.807, 2.05) is 0 Å². The van der Waals surface area contributed by atoms with Gasteiger partial charge in [0.1, 0.15) is 11.3 Å². The molecule has 3 rings (SSSR count). The summed E-state index contributed by atoms with van der Waals surface area (Å²) in [4.78, 5) is 21.1. The van der Waals surface area contributed by atoms with Crippen molar-refractivity contribution in [2.24, 2.45) is 7.05 Å². The third-order valence-corrected chi connectivity index (χ3v) is 4.59. The number of carbonyl (C=O) groups excluding carboxylic acids is 1. The Labute approximate surface area is 161 Å². The number of nitrogens with one attached hydrogen (secondary N) is 2. The van der Waals surface area contributed by atoms with Gasteiger partial charge in [-0.05, 0) is 18.6 Å². The molecule has 2 aromatic rings. The van der Waals surface area contributed by atoms with Crippen molar-refractivity contribution in [2.75, 3.05) is 18.5 Å². The van der Waals surface area contributed by atoms with E-state index in [4.69, 9.17) is 9.94 Å². The molecule has 0 saturated heterocycles. The number of aliphatic hydroxyl groups is 1. The van der Waals surface area contributed by atoms with Gasteiger partial charge in [0.2, 0.25) is 0 Å². The summed E-state index contributed by atoms with van der Waals surface area (Å²) in [7, 11) is 1.66. The molecule has 10 heteroatoms. The van der Waals surface area contributed by atoms with E-state index in [1.165, 1.54) is 18.5 Å². The number of hydrogen-bond acceptors (Lipinski definition) is 5. The Morgan fingerprint density at radius 3 is 3.00 bits per heavy atom. The second-order valence-corrected chi connectivity index (χ2v) is 7.02. The molecule has 0 bridgehead atoms. The number of carbonyl (C=O) groups is 1. The Morgan fingerprint density at radius 1 is 1.52 bits per heavy atom. The number of halogens is 3. The lowest BCUT2D eigenvalue weighted by molar-refractivity contribution is 0.0169. The number of alkyl halides is 1. The summed E-state index contributed by atoms with van der Waals surface area (Å²) in [5.74, 6) is -2.09. The molecule has 1 aliphatic carbocycles. The van der Waals surface area contributed by atoms with Crippen LogP contribution in [0.3, 0.4) is 0 Å². The van der Waals surface area contributed by atoms with Crippen molar-refractivity contribution in [3.63, 3.8) is 0 Å². The largest absolute Gasteiger partial charge is 0.394 e. The summed E-state index contributed by atoms with van der Waals surface area (Å²) in [6, 6.07) is 1.43. The normalized spacial score (nSPS) is 16.9. The van der Waals surface area contributed by atoms with Gasteiger partial charge >= 0.3 is 0 Å². The van der Waals surface area contributed by atoms with Crippen molar-refractivity contribution in [3.05, 3.63) is 47.5 Å². The topological polar surface area (TPSA) is 88.4 Å². The second-order valence-electron chi connectivity index (χ2n) is 5.85. The molecule has 1 atom stereocenters. The first kappa shape index (κ1) is 19.5. The van der Waals surface area contributed by atoms with Crippen molar-refractivity contribution in [1.29, 1.82) is 0 Å². The van der Waals surface area contributed by atoms with Crippen LogP contribution in [-0.2, 0) is 11.9 Å². The third-order valence-electron chi connectivity index (χ3n) is 3.95. The molecule has 0 aliphatic heterocycles. The van der Waals surface area contributed by atoms with Gasteiger partial charge in [0, 0.05) is 11.9 Å². The molecule has 0 fully saturated rings. The van der Waals surface area contributed by atoms with E-state index in [-0.39, 0.29) is 40.5 Å². The van der Waals surface area contributed by atoms with Gasteiger partial charge in [0.15, 0.2) is 5.82 Å². The number of amides is 1. The van der Waals surface area contributed by atoms with Crippen LogP contribution in [0.2, 0.25) is 0 Å². The van der Waals surface area contributed by atoms with Gasteiger partial charge in [-0.3, -0.25) is 9.63 Å². The Kier molecular flexibility index (Phi) is 5.88. The zero-order valence-corrected chi connectivity index (χ0v) is 15.9. The van der Waals surface area contributed by atoms with Crippen molar-refractivity contribution in [2.45, 2.75) is 11.2 Å². The van der Waals surface area contributed by atoms with E-state index in [2.05, 4.69) is 31.7 Å². The molecule has 1 unspecified atom stereocenters. The summed E-state index contributed by atoms with van der Waals surface area (Å²) in [6.45, 7) is -0.419. The van der Waals surface area contributed by atoms with Crippen molar-refractivity contribution < 1.29 is 23.5 Å². The minimum Gasteiger partial charge on any atom is -0.394 e. The van der Waals surface area contributed by atoms with E-state index >= 15 is 4.39 Å². The van der Waals surface area contributed by atoms with Crippen LogP contribution in [0, 0.1) is 5.82 Å². The lowest BCUT2D eigenvalue weighted by atomic mass is 10.1. The lowest BCUT2D eigenvalue weighted by Crippen LogP contribution is -2.26. The zero-order chi connectivity index (χ0) is 19.6. The number of nitrogens with zero attached hydrogens (tertiary/aromatic N) is 2. The SMILES string of the molecule is Cn1cnc2c(F)c(NC3=CCC(Br)C=C3F)c(C(=O)NOCCO)cc21. The molecule has 0 radical (unpaired) electrons. The monoisotopic (exact) mass is 442 g/mol. The first-order chi connectivity index (χ1) is 12.9. The molecule has 1 amide bonds. The maximum absolute atomic E-state index is 15.1. The number of benzene rings is 1. The molecule has 7 nitrogen and oxygen atoms in total. The Bertz CT molecular complexity index is 942. The highest BCUT2D eigenvalue weighted by molar-refractivity contribution is 9.09. The number of aliphatic hydroxyl groups excluding tert-OH is 1. The molecule has 1 aromatic carbocycles. The van der Waals surface area contributed by atoms with Crippen molar-refractivity contribution >= 4 is 38.6 Å². The highest BCUT2D eigenvalue weighted by atomic mass is 79.9. The van der Waals surface area contributed by atoms with Crippen molar-refractivity contribution in [3.8, 4) is 0 Å². The molecule has 27 heavy (non-hydrogen) atoms. The van der Waals surface area contributed by atoms with E-state index in [0.717, 1.165) is 0 Å². The van der Waals surface area contributed by atoms with Crippen LogP contribution < -0.4 is 10.8 Å². The molecule has 0 saturated carbocycles. The molecule has 0 spiro atoms. The molecular weight excluding hydrogens is 426 g/mol. The summed E-state index contributed by atoms with van der Waals surface area (Å²) in [5.41, 5.74) is 2.33. The number of rotatable bonds is 6. The predicted octanol–water partition coefficient (Wildman–Crippen LogP) is 2.68. The summed E-state index contributed by atoms with van der Waals surface area (Å²) in [5, 5.41) is 11.4. The van der Waals surface area contributed by atoms with Crippen LogP contribution in [0.5, 0.6) is 0 Å². The number of imidazole rings is 1.